The number of benzene rings is 3. The highest BCUT2D eigenvalue weighted by Gasteiger charge is 2.31. The first kappa shape index (κ1) is 25.2. The molecule has 2 atom stereocenters. The van der Waals surface area contributed by atoms with Crippen molar-refractivity contribution in [3.8, 4) is 0 Å². The number of rotatable bonds is 10. The summed E-state index contributed by atoms with van der Waals surface area (Å²) in [6.45, 7) is 8.49. The Kier molecular flexibility index (Phi) is 9.03. The van der Waals surface area contributed by atoms with Crippen LogP contribution < -0.4 is 5.32 Å². The summed E-state index contributed by atoms with van der Waals surface area (Å²) in [6, 6.07) is 25.5. The zero-order chi connectivity index (χ0) is 24.5. The van der Waals surface area contributed by atoms with Crippen LogP contribution in [0.1, 0.15) is 48.1 Å². The summed E-state index contributed by atoms with van der Waals surface area (Å²) < 4.78 is 0. The Morgan fingerprint density at radius 2 is 1.56 bits per heavy atom. The van der Waals surface area contributed by atoms with E-state index in [4.69, 9.17) is 0 Å². The summed E-state index contributed by atoms with van der Waals surface area (Å²) in [5.41, 5.74) is 5.25. The first-order chi connectivity index (χ1) is 16.4. The van der Waals surface area contributed by atoms with Crippen molar-refractivity contribution in [1.82, 2.24) is 10.2 Å². The third-order valence-electron chi connectivity index (χ3n) is 6.31. The van der Waals surface area contributed by atoms with E-state index in [9.17, 15) is 9.59 Å². The second kappa shape index (κ2) is 12.2. The van der Waals surface area contributed by atoms with E-state index in [1.54, 1.807) is 4.90 Å². The number of nitrogens with zero attached hydrogens (tertiary/aromatic N) is 1. The van der Waals surface area contributed by atoms with Gasteiger partial charge in [0, 0.05) is 19.0 Å². The molecule has 0 fully saturated rings. The molecule has 34 heavy (non-hydrogen) atoms. The summed E-state index contributed by atoms with van der Waals surface area (Å²) in [5.74, 6) is -0.153. The van der Waals surface area contributed by atoms with Crippen molar-refractivity contribution in [2.45, 2.75) is 65.6 Å². The van der Waals surface area contributed by atoms with Crippen LogP contribution in [-0.2, 0) is 29.0 Å². The molecule has 3 aromatic rings. The first-order valence-electron chi connectivity index (χ1n) is 12.1. The monoisotopic (exact) mass is 456 g/mol. The largest absolute Gasteiger partial charge is 0.352 e. The van der Waals surface area contributed by atoms with Gasteiger partial charge in [-0.15, -0.1) is 0 Å². The number of hydrogen-bond acceptors (Lipinski definition) is 2. The second-order valence-corrected chi connectivity index (χ2v) is 9.14. The van der Waals surface area contributed by atoms with E-state index in [1.165, 1.54) is 0 Å². The highest BCUT2D eigenvalue weighted by atomic mass is 16.2. The molecule has 0 bridgehead atoms. The van der Waals surface area contributed by atoms with Crippen molar-refractivity contribution in [2.24, 2.45) is 0 Å². The predicted octanol–water partition coefficient (Wildman–Crippen LogP) is 5.40. The van der Waals surface area contributed by atoms with Crippen LogP contribution in [0, 0.1) is 13.8 Å². The van der Waals surface area contributed by atoms with Crippen molar-refractivity contribution in [3.05, 3.63) is 107 Å². The molecule has 0 unspecified atom stereocenters. The third kappa shape index (κ3) is 7.05. The van der Waals surface area contributed by atoms with Crippen molar-refractivity contribution in [3.63, 3.8) is 0 Å². The molecular weight excluding hydrogens is 420 g/mol. The van der Waals surface area contributed by atoms with Gasteiger partial charge in [0.05, 0.1) is 6.42 Å². The fraction of sp³-hybridized carbons (Fsp3) is 0.333. The molecule has 178 valence electrons. The lowest BCUT2D eigenvalue weighted by molar-refractivity contribution is -0.141. The Morgan fingerprint density at radius 1 is 0.882 bits per heavy atom. The van der Waals surface area contributed by atoms with Crippen LogP contribution in [0.2, 0.25) is 0 Å². The van der Waals surface area contributed by atoms with Crippen molar-refractivity contribution >= 4 is 11.8 Å². The Labute approximate surface area is 204 Å². The maximum absolute atomic E-state index is 13.8. The average molecular weight is 457 g/mol. The predicted molar refractivity (Wildman–Crippen MR) is 138 cm³/mol. The van der Waals surface area contributed by atoms with Gasteiger partial charge < -0.3 is 10.2 Å². The van der Waals surface area contributed by atoms with Crippen LogP contribution in [0.4, 0.5) is 0 Å². The van der Waals surface area contributed by atoms with E-state index < -0.39 is 6.04 Å². The molecule has 1 N–H and O–H groups in total. The molecule has 2 amide bonds. The lowest BCUT2D eigenvalue weighted by Crippen LogP contribution is -2.52. The smallest absolute Gasteiger partial charge is 0.243 e. The Bertz CT molecular complexity index is 1090. The van der Waals surface area contributed by atoms with Crippen molar-refractivity contribution < 1.29 is 9.59 Å². The first-order valence-corrected chi connectivity index (χ1v) is 12.1. The summed E-state index contributed by atoms with van der Waals surface area (Å²) >= 11 is 0. The number of amides is 2. The van der Waals surface area contributed by atoms with E-state index in [2.05, 4.69) is 11.4 Å². The van der Waals surface area contributed by atoms with E-state index in [1.807, 2.05) is 100 Å². The molecular formula is C30H36N2O2. The van der Waals surface area contributed by atoms with Crippen LogP contribution in [0.5, 0.6) is 0 Å². The van der Waals surface area contributed by atoms with Gasteiger partial charge >= 0.3 is 0 Å². The zero-order valence-corrected chi connectivity index (χ0v) is 20.8. The molecule has 4 heteroatoms. The van der Waals surface area contributed by atoms with Gasteiger partial charge in [-0.05, 0) is 49.4 Å². The summed E-state index contributed by atoms with van der Waals surface area (Å²) in [5, 5.41) is 3.12. The second-order valence-electron chi connectivity index (χ2n) is 9.14. The molecule has 0 heterocycles. The van der Waals surface area contributed by atoms with Gasteiger partial charge in [-0.1, -0.05) is 91.3 Å². The lowest BCUT2D eigenvalue weighted by Gasteiger charge is -2.32. The molecule has 0 aliphatic rings. The van der Waals surface area contributed by atoms with Gasteiger partial charge in [0.1, 0.15) is 6.04 Å². The summed E-state index contributed by atoms with van der Waals surface area (Å²) in [6.07, 6.45) is 1.56. The van der Waals surface area contributed by atoms with Gasteiger partial charge in [-0.2, -0.15) is 0 Å². The summed E-state index contributed by atoms with van der Waals surface area (Å²) in [7, 11) is 0. The Hall–Kier alpha value is -3.40. The quantitative estimate of drug-likeness (QED) is 0.444. The number of aryl methyl sites for hydroxylation is 2. The molecule has 0 saturated carbocycles. The van der Waals surface area contributed by atoms with Gasteiger partial charge in [-0.3, -0.25) is 9.59 Å². The number of hydrogen-bond donors (Lipinski definition) is 1. The minimum atomic E-state index is -0.603. The van der Waals surface area contributed by atoms with E-state index in [-0.39, 0.29) is 24.3 Å². The molecule has 3 aromatic carbocycles. The van der Waals surface area contributed by atoms with Crippen LogP contribution in [-0.4, -0.2) is 28.8 Å². The van der Waals surface area contributed by atoms with E-state index >= 15 is 0 Å². The van der Waals surface area contributed by atoms with Gasteiger partial charge in [-0.25, -0.2) is 0 Å². The third-order valence-corrected chi connectivity index (χ3v) is 6.31. The highest BCUT2D eigenvalue weighted by Crippen LogP contribution is 2.18. The molecule has 0 aliphatic carbocycles. The standard InChI is InChI=1S/C30H36N2O2/c1-5-24(4)31-30(34)28(19-25-14-7-6-8-15-25)32(21-26-16-11-12-22(2)18-26)29(33)20-27-17-10-9-13-23(27)3/h6-18,24,28H,5,19-21H2,1-4H3,(H,31,34)/t24-,28+/m0/s1. The SMILES string of the molecule is CC[C@H](C)NC(=O)[C@@H](Cc1ccccc1)N(Cc1cccc(C)c1)C(=O)Cc1ccccc1C. The average Bonchev–Trinajstić information content (AvgIpc) is 2.83. The fourth-order valence-corrected chi connectivity index (χ4v) is 4.08. The maximum Gasteiger partial charge on any atom is 0.243 e. The van der Waals surface area contributed by atoms with E-state index in [0.29, 0.717) is 13.0 Å². The van der Waals surface area contributed by atoms with Crippen molar-refractivity contribution in [1.29, 1.82) is 0 Å². The molecule has 0 spiro atoms. The van der Waals surface area contributed by atoms with E-state index in [0.717, 1.165) is 34.2 Å². The Morgan fingerprint density at radius 3 is 2.24 bits per heavy atom. The van der Waals surface area contributed by atoms with Gasteiger partial charge in [0.2, 0.25) is 11.8 Å². The maximum atomic E-state index is 13.8. The normalized spacial score (nSPS) is 12.6. The number of nitrogens with one attached hydrogen (secondary N) is 1. The zero-order valence-electron chi connectivity index (χ0n) is 20.8. The topological polar surface area (TPSA) is 49.4 Å². The van der Waals surface area contributed by atoms with Crippen LogP contribution in [0.25, 0.3) is 0 Å². The number of carbonyl (C=O) groups excluding carboxylic acids is 2. The summed E-state index contributed by atoms with van der Waals surface area (Å²) in [4.78, 5) is 29.1. The molecule has 0 radical (unpaired) electrons. The molecule has 0 aliphatic heterocycles. The minimum Gasteiger partial charge on any atom is -0.352 e. The fourth-order valence-electron chi connectivity index (χ4n) is 4.08. The van der Waals surface area contributed by atoms with Gasteiger partial charge in [0.15, 0.2) is 0 Å². The molecule has 0 aromatic heterocycles. The van der Waals surface area contributed by atoms with Crippen LogP contribution in [0.15, 0.2) is 78.9 Å². The lowest BCUT2D eigenvalue weighted by atomic mass is 9.99. The molecule has 0 saturated heterocycles. The van der Waals surface area contributed by atoms with Crippen molar-refractivity contribution in [2.75, 3.05) is 0 Å². The molecule has 3 rings (SSSR count). The minimum absolute atomic E-state index is 0.0399. The molecule has 4 nitrogen and oxygen atoms in total. The van der Waals surface area contributed by atoms with Crippen LogP contribution in [0.3, 0.4) is 0 Å². The van der Waals surface area contributed by atoms with Crippen LogP contribution >= 0.6 is 0 Å². The number of carbonyl (C=O) groups is 2. The highest BCUT2D eigenvalue weighted by molar-refractivity contribution is 5.89. The van der Waals surface area contributed by atoms with Gasteiger partial charge in [0.25, 0.3) is 0 Å². The Balaban J connectivity index is 1.98.